The number of nitriles is 1. The number of carbonyl (C=O) groups excluding carboxylic acids is 2. The minimum atomic E-state index is -0.854. The van der Waals surface area contributed by atoms with Gasteiger partial charge in [-0.15, -0.1) is 0 Å². The maximum atomic E-state index is 13.1. The van der Waals surface area contributed by atoms with Gasteiger partial charge in [0.15, 0.2) is 0 Å². The van der Waals surface area contributed by atoms with Crippen molar-refractivity contribution in [1.29, 1.82) is 5.26 Å². The summed E-state index contributed by atoms with van der Waals surface area (Å²) in [6, 6.07) is 16.4. The number of hydrogen-bond acceptors (Lipinski definition) is 4. The third kappa shape index (κ3) is 3.85. The third-order valence-corrected chi connectivity index (χ3v) is 5.87. The van der Waals surface area contributed by atoms with Crippen molar-refractivity contribution in [2.75, 3.05) is 4.90 Å². The molecule has 1 unspecified atom stereocenters. The summed E-state index contributed by atoms with van der Waals surface area (Å²) >= 11 is 7.36. The number of anilines is 1. The fourth-order valence-corrected chi connectivity index (χ4v) is 4.31. The number of amides is 2. The Balaban J connectivity index is 2.01. The van der Waals surface area contributed by atoms with Gasteiger partial charge in [0, 0.05) is 10.7 Å². The summed E-state index contributed by atoms with van der Waals surface area (Å²) in [5.41, 5.74) is 7.59. The number of para-hydroxylation sites is 1. The van der Waals surface area contributed by atoms with Crippen molar-refractivity contribution in [3.8, 4) is 6.07 Å². The maximum Gasteiger partial charge on any atom is 0.262 e. The van der Waals surface area contributed by atoms with Crippen molar-refractivity contribution in [2.45, 2.75) is 18.6 Å². The molecule has 0 spiro atoms. The predicted molar refractivity (Wildman–Crippen MR) is 107 cm³/mol. The number of hydrogen-bond donors (Lipinski definition) is 1. The second-order valence-corrected chi connectivity index (χ2v) is 7.66. The number of nitrogens with two attached hydrogens (primary N) is 1. The van der Waals surface area contributed by atoms with E-state index in [9.17, 15) is 14.9 Å². The predicted octanol–water partition coefficient (Wildman–Crippen LogP) is 3.56. The Bertz CT molecular complexity index is 982. The number of benzene rings is 2. The van der Waals surface area contributed by atoms with Crippen molar-refractivity contribution < 1.29 is 9.59 Å². The first kappa shape index (κ1) is 19.0. The fourth-order valence-electron chi connectivity index (χ4n) is 2.79. The number of primary amides is 1. The quantitative estimate of drug-likeness (QED) is 0.631. The summed E-state index contributed by atoms with van der Waals surface area (Å²) in [4.78, 5) is 26.2. The van der Waals surface area contributed by atoms with Crippen LogP contribution in [0.4, 0.5) is 5.69 Å². The molecule has 0 saturated carbocycles. The van der Waals surface area contributed by atoms with E-state index in [1.54, 1.807) is 24.3 Å². The van der Waals surface area contributed by atoms with Crippen LogP contribution in [0.3, 0.4) is 0 Å². The molecule has 136 valence electrons. The molecule has 1 aliphatic heterocycles. The molecule has 2 amide bonds. The normalized spacial score (nSPS) is 18.3. The summed E-state index contributed by atoms with van der Waals surface area (Å²) in [5, 5.41) is 9.79. The highest BCUT2D eigenvalue weighted by Crippen LogP contribution is 2.41. The largest absolute Gasteiger partial charge is 0.365 e. The summed E-state index contributed by atoms with van der Waals surface area (Å²) < 4.78 is 0. The van der Waals surface area contributed by atoms with Crippen LogP contribution in [0.2, 0.25) is 5.02 Å². The van der Waals surface area contributed by atoms with Gasteiger partial charge in [0.1, 0.15) is 16.7 Å². The van der Waals surface area contributed by atoms with Crippen molar-refractivity contribution in [3.05, 3.63) is 75.3 Å². The highest BCUT2D eigenvalue weighted by Gasteiger charge is 2.40. The standard InChI is InChI=1S/C20H16ClN3O2S/c1-12-7-8-13(9-16(12)21)10-17-19(26)24(14-5-3-2-4-6-14)20(27-17)15(11-22)18(23)25/h2-9,17H,10H2,1H3,(H2,23,25)/b20-15-. The van der Waals surface area contributed by atoms with E-state index in [-0.39, 0.29) is 16.5 Å². The molecular weight excluding hydrogens is 382 g/mol. The van der Waals surface area contributed by atoms with E-state index < -0.39 is 11.2 Å². The molecule has 0 aliphatic carbocycles. The second-order valence-electron chi connectivity index (χ2n) is 6.06. The smallest absolute Gasteiger partial charge is 0.262 e. The van der Waals surface area contributed by atoms with Crippen molar-refractivity contribution in [2.24, 2.45) is 5.73 Å². The third-order valence-electron chi connectivity index (χ3n) is 4.20. The Morgan fingerprint density at radius 1 is 1.30 bits per heavy atom. The van der Waals surface area contributed by atoms with Crippen LogP contribution in [0.5, 0.6) is 0 Å². The molecule has 7 heteroatoms. The molecule has 0 aromatic heterocycles. The molecule has 1 atom stereocenters. The van der Waals surface area contributed by atoms with Crippen LogP contribution in [0.15, 0.2) is 59.1 Å². The molecule has 2 N–H and O–H groups in total. The van der Waals surface area contributed by atoms with Crippen LogP contribution in [0.1, 0.15) is 11.1 Å². The maximum absolute atomic E-state index is 13.1. The van der Waals surface area contributed by atoms with E-state index in [2.05, 4.69) is 0 Å². The topological polar surface area (TPSA) is 87.2 Å². The van der Waals surface area contributed by atoms with E-state index in [0.29, 0.717) is 17.1 Å². The number of aryl methyl sites for hydroxylation is 1. The number of thioether (sulfide) groups is 1. The average Bonchev–Trinajstić information content (AvgIpc) is 2.95. The molecule has 2 aromatic rings. The molecule has 0 radical (unpaired) electrons. The number of rotatable bonds is 4. The Kier molecular flexibility index (Phi) is 5.54. The SMILES string of the molecule is Cc1ccc(CC2S/C(=C(/C#N)C(N)=O)N(c3ccccc3)C2=O)cc1Cl. The van der Waals surface area contributed by atoms with Crippen molar-refractivity contribution in [1.82, 2.24) is 0 Å². The van der Waals surface area contributed by atoms with Gasteiger partial charge < -0.3 is 5.73 Å². The van der Waals surface area contributed by atoms with Gasteiger partial charge in [-0.1, -0.05) is 53.7 Å². The van der Waals surface area contributed by atoms with Crippen LogP contribution in [-0.4, -0.2) is 17.1 Å². The summed E-state index contributed by atoms with van der Waals surface area (Å²) in [6.07, 6.45) is 0.424. The molecule has 0 bridgehead atoms. The van der Waals surface area contributed by atoms with Gasteiger partial charge >= 0.3 is 0 Å². The van der Waals surface area contributed by atoms with Gasteiger partial charge in [-0.2, -0.15) is 5.26 Å². The summed E-state index contributed by atoms with van der Waals surface area (Å²) in [5.74, 6) is -1.06. The Labute approximate surface area is 166 Å². The summed E-state index contributed by atoms with van der Waals surface area (Å²) in [6.45, 7) is 1.91. The Morgan fingerprint density at radius 3 is 2.59 bits per heavy atom. The average molecular weight is 398 g/mol. The first-order valence-electron chi connectivity index (χ1n) is 8.17. The van der Waals surface area contributed by atoms with Gasteiger partial charge in [-0.05, 0) is 42.7 Å². The number of carbonyl (C=O) groups is 2. The Hall–Kier alpha value is -2.75. The van der Waals surface area contributed by atoms with E-state index >= 15 is 0 Å². The highest BCUT2D eigenvalue weighted by molar-refractivity contribution is 8.05. The van der Waals surface area contributed by atoms with E-state index in [1.165, 1.54) is 16.7 Å². The molecule has 5 nitrogen and oxygen atoms in total. The van der Waals surface area contributed by atoms with Gasteiger partial charge in [0.25, 0.3) is 5.91 Å². The van der Waals surface area contributed by atoms with Gasteiger partial charge in [-0.25, -0.2) is 0 Å². The van der Waals surface area contributed by atoms with Crippen LogP contribution >= 0.6 is 23.4 Å². The Morgan fingerprint density at radius 2 is 2.00 bits per heavy atom. The van der Waals surface area contributed by atoms with Crippen LogP contribution in [0.25, 0.3) is 0 Å². The fraction of sp³-hybridized carbons (Fsp3) is 0.150. The monoisotopic (exact) mass is 397 g/mol. The number of halogens is 1. The summed E-state index contributed by atoms with van der Waals surface area (Å²) in [7, 11) is 0. The zero-order valence-electron chi connectivity index (χ0n) is 14.5. The second kappa shape index (κ2) is 7.87. The lowest BCUT2D eigenvalue weighted by molar-refractivity contribution is -0.117. The first-order chi connectivity index (χ1) is 12.9. The first-order valence-corrected chi connectivity index (χ1v) is 9.43. The minimum absolute atomic E-state index is 0.202. The molecule has 3 rings (SSSR count). The van der Waals surface area contributed by atoms with Crippen LogP contribution in [0, 0.1) is 18.3 Å². The van der Waals surface area contributed by atoms with Crippen LogP contribution < -0.4 is 10.6 Å². The van der Waals surface area contributed by atoms with Crippen molar-refractivity contribution >= 4 is 40.9 Å². The minimum Gasteiger partial charge on any atom is -0.365 e. The van der Waals surface area contributed by atoms with E-state index in [4.69, 9.17) is 17.3 Å². The van der Waals surface area contributed by atoms with Gasteiger partial charge in [0.05, 0.1) is 5.25 Å². The molecule has 1 aliphatic rings. The lowest BCUT2D eigenvalue weighted by Gasteiger charge is -2.18. The lowest BCUT2D eigenvalue weighted by Crippen LogP contribution is -2.31. The van der Waals surface area contributed by atoms with Gasteiger partial charge in [-0.3, -0.25) is 14.5 Å². The highest BCUT2D eigenvalue weighted by atomic mass is 35.5. The van der Waals surface area contributed by atoms with E-state index in [1.807, 2.05) is 37.3 Å². The van der Waals surface area contributed by atoms with Gasteiger partial charge in [0.2, 0.25) is 5.91 Å². The zero-order valence-corrected chi connectivity index (χ0v) is 16.1. The molecule has 1 saturated heterocycles. The van der Waals surface area contributed by atoms with E-state index in [0.717, 1.165) is 11.1 Å². The van der Waals surface area contributed by atoms with Crippen LogP contribution in [-0.2, 0) is 16.0 Å². The molecule has 27 heavy (non-hydrogen) atoms. The lowest BCUT2D eigenvalue weighted by atomic mass is 10.1. The molecule has 2 aromatic carbocycles. The molecular formula is C20H16ClN3O2S. The molecule has 1 fully saturated rings. The number of nitrogens with zero attached hydrogens (tertiary/aromatic N) is 2. The van der Waals surface area contributed by atoms with Crippen molar-refractivity contribution in [3.63, 3.8) is 0 Å². The molecule has 1 heterocycles. The zero-order chi connectivity index (χ0) is 19.6.